The lowest BCUT2D eigenvalue weighted by Crippen LogP contribution is -2.08. The van der Waals surface area contributed by atoms with Crippen LogP contribution in [-0.2, 0) is 19.1 Å². The molecule has 3 aromatic heterocycles. The second-order valence-electron chi connectivity index (χ2n) is 7.71. The Balaban J connectivity index is 1.82. The number of halogens is 4. The normalized spacial score (nSPS) is 11.9. The van der Waals surface area contributed by atoms with Crippen molar-refractivity contribution in [2.45, 2.75) is 33.0 Å². The van der Waals surface area contributed by atoms with Gasteiger partial charge in [0, 0.05) is 33.5 Å². The van der Waals surface area contributed by atoms with Crippen molar-refractivity contribution in [2.75, 3.05) is 0 Å². The van der Waals surface area contributed by atoms with E-state index in [9.17, 15) is 13.2 Å². The van der Waals surface area contributed by atoms with Crippen LogP contribution in [0.3, 0.4) is 0 Å². The predicted molar refractivity (Wildman–Crippen MR) is 116 cm³/mol. The van der Waals surface area contributed by atoms with Crippen LogP contribution in [0.15, 0.2) is 45.5 Å². The SMILES string of the molecule is [C-]#[N+]c1ccc2c(cc(CC(C)C)n2Cc2nnc(-c3cncc(Br)c3)o2)c1C(F)(F)F. The van der Waals surface area contributed by atoms with E-state index in [-0.39, 0.29) is 29.6 Å². The van der Waals surface area contributed by atoms with Crippen LogP contribution >= 0.6 is 15.9 Å². The van der Waals surface area contributed by atoms with Gasteiger partial charge in [0.2, 0.25) is 11.8 Å². The number of rotatable bonds is 5. The first-order chi connectivity index (χ1) is 15.2. The third-order valence-corrected chi connectivity index (χ3v) is 5.32. The number of hydrogen-bond donors (Lipinski definition) is 0. The van der Waals surface area contributed by atoms with Crippen molar-refractivity contribution >= 4 is 32.5 Å². The van der Waals surface area contributed by atoms with Gasteiger partial charge >= 0.3 is 6.18 Å². The monoisotopic (exact) mass is 503 g/mol. The molecule has 3 heterocycles. The second-order valence-corrected chi connectivity index (χ2v) is 8.63. The largest absolute Gasteiger partial charge is 0.419 e. The van der Waals surface area contributed by atoms with Crippen molar-refractivity contribution in [1.82, 2.24) is 19.7 Å². The van der Waals surface area contributed by atoms with E-state index in [1.54, 1.807) is 23.0 Å². The molecule has 10 heteroatoms. The lowest BCUT2D eigenvalue weighted by atomic mass is 10.1. The first kappa shape index (κ1) is 22.0. The highest BCUT2D eigenvalue weighted by atomic mass is 79.9. The number of fused-ring (bicyclic) bond motifs is 1. The first-order valence-corrected chi connectivity index (χ1v) is 10.5. The topological polar surface area (TPSA) is 61.1 Å². The molecule has 0 saturated carbocycles. The lowest BCUT2D eigenvalue weighted by molar-refractivity contribution is -0.135. The number of pyridine rings is 1. The molecule has 1 aromatic carbocycles. The minimum atomic E-state index is -4.65. The van der Waals surface area contributed by atoms with Gasteiger partial charge in [-0.2, -0.15) is 13.2 Å². The maximum Gasteiger partial charge on any atom is 0.408 e. The molecule has 0 aliphatic heterocycles. The van der Waals surface area contributed by atoms with Crippen LogP contribution < -0.4 is 0 Å². The smallest absolute Gasteiger partial charge is 0.408 e. The Hall–Kier alpha value is -3.19. The number of aromatic nitrogens is 4. The molecule has 0 bridgehead atoms. The quantitative estimate of drug-likeness (QED) is 0.285. The van der Waals surface area contributed by atoms with Crippen LogP contribution in [0.4, 0.5) is 18.9 Å². The van der Waals surface area contributed by atoms with Crippen LogP contribution in [0.2, 0.25) is 0 Å². The molecule has 164 valence electrons. The molecule has 0 spiro atoms. The Morgan fingerprint density at radius 3 is 2.62 bits per heavy atom. The van der Waals surface area contributed by atoms with Crippen LogP contribution in [0.25, 0.3) is 27.2 Å². The van der Waals surface area contributed by atoms with E-state index in [1.165, 1.54) is 18.2 Å². The van der Waals surface area contributed by atoms with Gasteiger partial charge in [-0.15, -0.1) is 10.2 Å². The van der Waals surface area contributed by atoms with Gasteiger partial charge in [-0.05, 0) is 46.5 Å². The maximum atomic E-state index is 13.8. The van der Waals surface area contributed by atoms with Crippen molar-refractivity contribution in [1.29, 1.82) is 0 Å². The molecule has 32 heavy (non-hydrogen) atoms. The van der Waals surface area contributed by atoms with Gasteiger partial charge in [0.1, 0.15) is 6.54 Å². The molecule has 0 N–H and O–H groups in total. The molecule has 0 aliphatic carbocycles. The fourth-order valence-electron chi connectivity index (χ4n) is 3.64. The molecule has 0 aliphatic rings. The molecule has 0 atom stereocenters. The Kier molecular flexibility index (Phi) is 5.77. The Bertz CT molecular complexity index is 1330. The van der Waals surface area contributed by atoms with E-state index in [0.29, 0.717) is 23.2 Å². The van der Waals surface area contributed by atoms with Gasteiger partial charge in [0.05, 0.1) is 17.7 Å². The molecule has 0 amide bonds. The van der Waals surface area contributed by atoms with Gasteiger partial charge in [-0.3, -0.25) is 4.98 Å². The van der Waals surface area contributed by atoms with Gasteiger partial charge in [-0.25, -0.2) is 4.85 Å². The summed E-state index contributed by atoms with van der Waals surface area (Å²) in [5.41, 5.74) is 0.357. The Morgan fingerprint density at radius 1 is 1.19 bits per heavy atom. The van der Waals surface area contributed by atoms with Crippen molar-refractivity contribution in [3.8, 4) is 11.5 Å². The number of nitrogens with zero attached hydrogens (tertiary/aromatic N) is 5. The summed E-state index contributed by atoms with van der Waals surface area (Å²) in [5.74, 6) is 0.728. The third-order valence-electron chi connectivity index (χ3n) is 4.88. The molecule has 4 rings (SSSR count). The van der Waals surface area contributed by atoms with Gasteiger partial charge in [-0.1, -0.05) is 19.9 Å². The highest BCUT2D eigenvalue weighted by Crippen LogP contribution is 2.42. The van der Waals surface area contributed by atoms with Crippen molar-refractivity contribution in [3.63, 3.8) is 0 Å². The average Bonchev–Trinajstić information content (AvgIpc) is 3.31. The standard InChI is InChI=1S/C22H17BrF3N5O/c1-12(2)6-15-8-16-18(5-4-17(27-3)20(16)22(24,25)26)31(15)11-19-29-30-21(32-19)13-7-14(23)10-28-9-13/h4-5,7-10,12H,6,11H2,1-2H3. The van der Waals surface area contributed by atoms with Crippen molar-refractivity contribution < 1.29 is 17.6 Å². The first-order valence-electron chi connectivity index (χ1n) is 9.70. The fraction of sp³-hybridized carbons (Fsp3) is 0.273. The maximum absolute atomic E-state index is 13.8. The van der Waals surface area contributed by atoms with Gasteiger partial charge < -0.3 is 8.98 Å². The van der Waals surface area contributed by atoms with E-state index >= 15 is 0 Å². The van der Waals surface area contributed by atoms with E-state index in [0.717, 1.165) is 4.47 Å². The summed E-state index contributed by atoms with van der Waals surface area (Å²) >= 11 is 3.34. The van der Waals surface area contributed by atoms with Crippen LogP contribution in [0.5, 0.6) is 0 Å². The highest BCUT2D eigenvalue weighted by Gasteiger charge is 2.36. The molecule has 4 aromatic rings. The zero-order chi connectivity index (χ0) is 23.0. The molecule has 0 saturated heterocycles. The molecule has 0 fully saturated rings. The van der Waals surface area contributed by atoms with Gasteiger partial charge in [0.25, 0.3) is 0 Å². The fourth-order valence-corrected chi connectivity index (χ4v) is 4.01. The Morgan fingerprint density at radius 2 is 1.97 bits per heavy atom. The third kappa shape index (κ3) is 4.25. The number of hydrogen-bond acceptors (Lipinski definition) is 4. The van der Waals surface area contributed by atoms with E-state index in [1.807, 2.05) is 13.8 Å². The molecule has 0 radical (unpaired) electrons. The van der Waals surface area contributed by atoms with Crippen LogP contribution in [0.1, 0.15) is 31.0 Å². The summed E-state index contributed by atoms with van der Waals surface area (Å²) < 4.78 is 49.7. The lowest BCUT2D eigenvalue weighted by Gasteiger charge is -2.12. The second kappa shape index (κ2) is 8.39. The summed E-state index contributed by atoms with van der Waals surface area (Å²) in [6, 6.07) is 6.04. The minimum Gasteiger partial charge on any atom is -0.419 e. The average molecular weight is 504 g/mol. The zero-order valence-electron chi connectivity index (χ0n) is 17.1. The van der Waals surface area contributed by atoms with E-state index in [2.05, 4.69) is 36.0 Å². The van der Waals surface area contributed by atoms with Crippen LogP contribution in [0, 0.1) is 12.5 Å². The minimum absolute atomic E-state index is 0.00224. The molecular weight excluding hydrogens is 487 g/mol. The summed E-state index contributed by atoms with van der Waals surface area (Å²) in [7, 11) is 0. The summed E-state index contributed by atoms with van der Waals surface area (Å²) in [6.07, 6.45) is -0.888. The molecule has 0 unspecified atom stereocenters. The summed E-state index contributed by atoms with van der Waals surface area (Å²) in [4.78, 5) is 7.16. The number of alkyl halides is 3. The Labute approximate surface area is 190 Å². The summed E-state index contributed by atoms with van der Waals surface area (Å²) in [6.45, 7) is 11.3. The predicted octanol–water partition coefficient (Wildman–Crippen LogP) is 6.67. The zero-order valence-corrected chi connectivity index (χ0v) is 18.7. The molecule has 6 nitrogen and oxygen atoms in total. The van der Waals surface area contributed by atoms with E-state index < -0.39 is 17.4 Å². The van der Waals surface area contributed by atoms with E-state index in [4.69, 9.17) is 11.0 Å². The highest BCUT2D eigenvalue weighted by molar-refractivity contribution is 9.10. The number of benzene rings is 1. The van der Waals surface area contributed by atoms with Crippen molar-refractivity contribution in [2.24, 2.45) is 5.92 Å². The van der Waals surface area contributed by atoms with Crippen LogP contribution in [-0.4, -0.2) is 19.7 Å². The molecular formula is C22H17BrF3N5O. The summed E-state index contributed by atoms with van der Waals surface area (Å²) in [5, 5.41) is 8.13. The van der Waals surface area contributed by atoms with Gasteiger partial charge in [0.15, 0.2) is 5.69 Å². The van der Waals surface area contributed by atoms with Crippen molar-refractivity contribution in [3.05, 3.63) is 69.7 Å².